The molecule has 0 bridgehead atoms. The van der Waals surface area contributed by atoms with Crippen LogP contribution in [0.15, 0.2) is 12.3 Å². The van der Waals surface area contributed by atoms with E-state index >= 15 is 0 Å². The van der Waals surface area contributed by atoms with Crippen molar-refractivity contribution in [2.75, 3.05) is 57.8 Å². The first kappa shape index (κ1) is 18.9. The second-order valence-electron chi connectivity index (χ2n) is 8.66. The average molecular weight is 375 g/mol. The van der Waals surface area contributed by atoms with Crippen LogP contribution in [0.3, 0.4) is 0 Å². The molecule has 0 aliphatic carbocycles. The number of aromatic nitrogens is 2. The van der Waals surface area contributed by atoms with Crippen LogP contribution in [0.1, 0.15) is 26.2 Å². The predicted octanol–water partition coefficient (Wildman–Crippen LogP) is 0.873. The highest BCUT2D eigenvalue weighted by atomic mass is 16.2. The molecule has 0 aromatic carbocycles. The van der Waals surface area contributed by atoms with Crippen molar-refractivity contribution < 1.29 is 4.79 Å². The highest BCUT2D eigenvalue weighted by molar-refractivity contribution is 5.97. The monoisotopic (exact) mass is 374 g/mol. The fourth-order valence-electron chi connectivity index (χ4n) is 5.11. The Balaban J connectivity index is 1.38. The van der Waals surface area contributed by atoms with Gasteiger partial charge in [-0.1, -0.05) is 6.92 Å². The number of aryl methyl sites for hydroxylation is 1. The van der Waals surface area contributed by atoms with Crippen molar-refractivity contribution in [1.29, 1.82) is 0 Å². The maximum absolute atomic E-state index is 13.2. The lowest BCUT2D eigenvalue weighted by Crippen LogP contribution is -2.60. The van der Waals surface area contributed by atoms with Crippen LogP contribution in [0.5, 0.6) is 0 Å². The molecule has 3 saturated heterocycles. The summed E-state index contributed by atoms with van der Waals surface area (Å²) in [5, 5.41) is 4.45. The van der Waals surface area contributed by atoms with Crippen molar-refractivity contribution in [2.24, 2.45) is 13.0 Å². The summed E-state index contributed by atoms with van der Waals surface area (Å²) in [4.78, 5) is 22.6. The fraction of sp³-hybridized carbons (Fsp3) is 0.800. The molecule has 4 heterocycles. The first-order valence-electron chi connectivity index (χ1n) is 10.5. The van der Waals surface area contributed by atoms with Gasteiger partial charge in [-0.05, 0) is 32.2 Å². The first-order valence-corrected chi connectivity index (χ1v) is 10.5. The van der Waals surface area contributed by atoms with Crippen molar-refractivity contribution in [1.82, 2.24) is 24.5 Å². The number of anilines is 1. The Morgan fingerprint density at radius 3 is 2.44 bits per heavy atom. The highest BCUT2D eigenvalue weighted by Crippen LogP contribution is 2.29. The van der Waals surface area contributed by atoms with Gasteiger partial charge in [0.2, 0.25) is 5.91 Å². The van der Waals surface area contributed by atoms with Gasteiger partial charge in [0.25, 0.3) is 0 Å². The quantitative estimate of drug-likeness (QED) is 0.786. The van der Waals surface area contributed by atoms with Crippen molar-refractivity contribution in [3.8, 4) is 0 Å². The molecule has 0 spiro atoms. The molecule has 27 heavy (non-hydrogen) atoms. The summed E-state index contributed by atoms with van der Waals surface area (Å²) >= 11 is 0. The maximum Gasteiger partial charge on any atom is 0.245 e. The van der Waals surface area contributed by atoms with Crippen LogP contribution in [-0.2, 0) is 11.8 Å². The maximum atomic E-state index is 13.2. The van der Waals surface area contributed by atoms with Crippen molar-refractivity contribution >= 4 is 11.7 Å². The molecule has 0 saturated carbocycles. The highest BCUT2D eigenvalue weighted by Gasteiger charge is 2.39. The van der Waals surface area contributed by atoms with E-state index in [2.05, 4.69) is 33.8 Å². The second-order valence-corrected chi connectivity index (χ2v) is 8.66. The van der Waals surface area contributed by atoms with Gasteiger partial charge in [0.15, 0.2) is 5.82 Å². The first-order chi connectivity index (χ1) is 13.0. The minimum atomic E-state index is 0.0247. The van der Waals surface area contributed by atoms with E-state index in [1.54, 1.807) is 4.68 Å². The van der Waals surface area contributed by atoms with Gasteiger partial charge in [-0.2, -0.15) is 5.10 Å². The lowest BCUT2D eigenvalue weighted by atomic mass is 9.89. The lowest BCUT2D eigenvalue weighted by molar-refractivity contribution is -0.126. The number of amides is 1. The van der Waals surface area contributed by atoms with Gasteiger partial charge in [0, 0.05) is 71.2 Å². The minimum Gasteiger partial charge on any atom is -0.304 e. The molecular weight excluding hydrogens is 340 g/mol. The van der Waals surface area contributed by atoms with Gasteiger partial charge in [0.1, 0.15) is 0 Å². The van der Waals surface area contributed by atoms with Crippen LogP contribution < -0.4 is 4.90 Å². The SMILES string of the molecule is C[C@@H]1CN([C@H]2CCCN(c3ccn(C)n3)C2=O)CC[C@H]1N1CCN(C)CC1. The third-order valence-corrected chi connectivity index (χ3v) is 6.73. The number of likely N-dealkylation sites (tertiary alicyclic amines) is 1. The Kier molecular flexibility index (Phi) is 5.53. The molecule has 3 aliphatic heterocycles. The van der Waals surface area contributed by atoms with E-state index in [9.17, 15) is 4.79 Å². The molecular formula is C20H34N6O. The van der Waals surface area contributed by atoms with Crippen molar-refractivity contribution in [3.05, 3.63) is 12.3 Å². The van der Waals surface area contributed by atoms with Gasteiger partial charge in [-0.25, -0.2) is 0 Å². The summed E-state index contributed by atoms with van der Waals surface area (Å²) in [5.74, 6) is 1.65. The van der Waals surface area contributed by atoms with Gasteiger partial charge in [-0.15, -0.1) is 0 Å². The van der Waals surface area contributed by atoms with Gasteiger partial charge < -0.3 is 4.90 Å². The largest absolute Gasteiger partial charge is 0.304 e. The summed E-state index contributed by atoms with van der Waals surface area (Å²) in [7, 11) is 4.12. The summed E-state index contributed by atoms with van der Waals surface area (Å²) < 4.78 is 1.77. The average Bonchev–Trinajstić information content (AvgIpc) is 3.09. The molecule has 3 aliphatic rings. The third kappa shape index (κ3) is 3.91. The Hall–Kier alpha value is -1.44. The van der Waals surface area contributed by atoms with E-state index in [-0.39, 0.29) is 11.9 Å². The zero-order valence-corrected chi connectivity index (χ0v) is 17.0. The van der Waals surface area contributed by atoms with E-state index in [0.717, 1.165) is 38.3 Å². The molecule has 0 unspecified atom stereocenters. The number of likely N-dealkylation sites (N-methyl/N-ethyl adjacent to an activating group) is 1. The van der Waals surface area contributed by atoms with E-state index in [4.69, 9.17) is 0 Å². The van der Waals surface area contributed by atoms with Crippen molar-refractivity contribution in [2.45, 2.75) is 38.3 Å². The second kappa shape index (κ2) is 7.89. The Labute approximate surface area is 162 Å². The summed E-state index contributed by atoms with van der Waals surface area (Å²) in [6.07, 6.45) is 5.13. The van der Waals surface area contributed by atoms with E-state index in [0.29, 0.717) is 12.0 Å². The minimum absolute atomic E-state index is 0.0247. The molecule has 150 valence electrons. The molecule has 0 N–H and O–H groups in total. The van der Waals surface area contributed by atoms with Crippen LogP contribution in [0.4, 0.5) is 5.82 Å². The van der Waals surface area contributed by atoms with Crippen LogP contribution >= 0.6 is 0 Å². The Morgan fingerprint density at radius 2 is 1.78 bits per heavy atom. The van der Waals surface area contributed by atoms with Crippen LogP contribution in [0.25, 0.3) is 0 Å². The normalized spacial score (nSPS) is 32.2. The summed E-state index contributed by atoms with van der Waals surface area (Å²) in [5.41, 5.74) is 0. The number of hydrogen-bond donors (Lipinski definition) is 0. The number of rotatable bonds is 3. The number of piperidine rings is 2. The van der Waals surface area contributed by atoms with E-state index < -0.39 is 0 Å². The molecule has 4 rings (SSSR count). The molecule has 7 heteroatoms. The number of nitrogens with zero attached hydrogens (tertiary/aromatic N) is 6. The smallest absolute Gasteiger partial charge is 0.245 e. The number of carbonyl (C=O) groups excluding carboxylic acids is 1. The predicted molar refractivity (Wildman–Crippen MR) is 107 cm³/mol. The zero-order chi connectivity index (χ0) is 19.0. The molecule has 3 fully saturated rings. The standard InChI is InChI=1S/C20H34N6O/c1-16-15-25(10-6-17(16)24-13-11-22(2)12-14-24)18-5-4-8-26(20(18)27)19-7-9-23(3)21-19/h7,9,16-18H,4-6,8,10-15H2,1-3H3/t16-,17-,18+/m1/s1. The topological polar surface area (TPSA) is 47.9 Å². The Morgan fingerprint density at radius 1 is 1.00 bits per heavy atom. The van der Waals surface area contributed by atoms with Gasteiger partial charge >= 0.3 is 0 Å². The number of carbonyl (C=O) groups is 1. The molecule has 1 aromatic heterocycles. The van der Waals surface area contributed by atoms with Crippen LogP contribution in [0.2, 0.25) is 0 Å². The molecule has 1 amide bonds. The summed E-state index contributed by atoms with van der Waals surface area (Å²) in [6.45, 7) is 9.94. The van der Waals surface area contributed by atoms with Gasteiger partial charge in [0.05, 0.1) is 6.04 Å². The fourth-order valence-corrected chi connectivity index (χ4v) is 5.11. The number of piperazine rings is 1. The lowest BCUT2D eigenvalue weighted by Gasteiger charge is -2.48. The summed E-state index contributed by atoms with van der Waals surface area (Å²) in [6, 6.07) is 2.64. The van der Waals surface area contributed by atoms with Gasteiger partial charge in [-0.3, -0.25) is 24.2 Å². The van der Waals surface area contributed by atoms with Crippen LogP contribution in [0, 0.1) is 5.92 Å². The van der Waals surface area contributed by atoms with Crippen LogP contribution in [-0.4, -0.2) is 95.3 Å². The van der Waals surface area contributed by atoms with E-state index in [1.807, 2.05) is 24.2 Å². The molecule has 7 nitrogen and oxygen atoms in total. The Bertz CT molecular complexity index is 653. The van der Waals surface area contributed by atoms with Crippen molar-refractivity contribution in [3.63, 3.8) is 0 Å². The zero-order valence-electron chi connectivity index (χ0n) is 17.0. The molecule has 0 radical (unpaired) electrons. The molecule has 3 atom stereocenters. The molecule has 1 aromatic rings. The van der Waals surface area contributed by atoms with E-state index in [1.165, 1.54) is 32.6 Å². The number of hydrogen-bond acceptors (Lipinski definition) is 5. The third-order valence-electron chi connectivity index (χ3n) is 6.73.